The predicted octanol–water partition coefficient (Wildman–Crippen LogP) is 11.1. The van der Waals surface area contributed by atoms with E-state index in [-0.39, 0.29) is 21.8 Å². The number of nitrogens with one attached hydrogen (secondary N) is 2. The first-order chi connectivity index (χ1) is 19.3. The lowest BCUT2D eigenvalue weighted by atomic mass is 9.89. The van der Waals surface area contributed by atoms with E-state index in [2.05, 4.69) is 36.3 Å². The van der Waals surface area contributed by atoms with Crippen molar-refractivity contribution in [3.05, 3.63) is 105 Å². The molecule has 3 aromatic carbocycles. The molecule has 3 rings (SSSR count). The van der Waals surface area contributed by atoms with Crippen molar-refractivity contribution >= 4 is 52.1 Å². The van der Waals surface area contributed by atoms with Crippen molar-refractivity contribution in [3.63, 3.8) is 0 Å². The van der Waals surface area contributed by atoms with Crippen molar-refractivity contribution in [2.75, 3.05) is 10.6 Å². The molecule has 0 aliphatic carbocycles. The minimum absolute atomic E-state index is 0.0426. The van der Waals surface area contributed by atoms with Gasteiger partial charge in [0.1, 0.15) is 10.0 Å². The number of anilines is 2. The zero-order valence-corrected chi connectivity index (χ0v) is 26.8. The first-order valence-corrected chi connectivity index (χ1v) is 14.7. The SMILES string of the molecule is C=C(Nc1ccc(Cl)c(NC(=O)c2cc(C(C)(C)F)cc(C(C)(F)F)c2)c1)C(c1cc(C)cc(CCC)c1)C(C)(Cl)Cl. The Balaban J connectivity index is 1.93. The molecule has 226 valence electrons. The van der Waals surface area contributed by atoms with E-state index in [9.17, 15) is 18.0 Å². The van der Waals surface area contributed by atoms with Gasteiger partial charge in [0.2, 0.25) is 0 Å². The quantitative estimate of drug-likeness (QED) is 0.205. The molecule has 0 fully saturated rings. The zero-order valence-electron chi connectivity index (χ0n) is 24.6. The maximum atomic E-state index is 14.7. The van der Waals surface area contributed by atoms with Crippen LogP contribution in [0.1, 0.15) is 85.1 Å². The number of aryl methyl sites for hydroxylation is 2. The highest BCUT2D eigenvalue weighted by atomic mass is 35.5. The van der Waals surface area contributed by atoms with Crippen molar-refractivity contribution in [1.82, 2.24) is 0 Å². The molecule has 3 nitrogen and oxygen atoms in total. The average molecular weight is 640 g/mol. The second-order valence-electron chi connectivity index (χ2n) is 11.4. The minimum atomic E-state index is -3.28. The molecule has 0 spiro atoms. The maximum absolute atomic E-state index is 14.7. The van der Waals surface area contributed by atoms with Gasteiger partial charge >= 0.3 is 0 Å². The Kier molecular flexibility index (Phi) is 10.4. The van der Waals surface area contributed by atoms with Crippen molar-refractivity contribution in [2.45, 2.75) is 76.2 Å². The Labute approximate surface area is 261 Å². The van der Waals surface area contributed by atoms with Gasteiger partial charge in [-0.2, -0.15) is 0 Å². The summed E-state index contributed by atoms with van der Waals surface area (Å²) in [6.45, 7) is 13.2. The van der Waals surface area contributed by atoms with Gasteiger partial charge in [0.15, 0.2) is 0 Å². The summed E-state index contributed by atoms with van der Waals surface area (Å²) in [7, 11) is 0. The van der Waals surface area contributed by atoms with E-state index in [4.69, 9.17) is 34.8 Å². The van der Waals surface area contributed by atoms with Gasteiger partial charge in [0.05, 0.1) is 16.6 Å². The lowest BCUT2D eigenvalue weighted by Crippen LogP contribution is -2.25. The van der Waals surface area contributed by atoms with E-state index in [0.717, 1.165) is 36.1 Å². The molecule has 42 heavy (non-hydrogen) atoms. The molecule has 3 aromatic rings. The molecule has 0 heterocycles. The number of hydrogen-bond acceptors (Lipinski definition) is 2. The molecule has 1 amide bonds. The van der Waals surface area contributed by atoms with Crippen LogP contribution in [0.25, 0.3) is 0 Å². The summed E-state index contributed by atoms with van der Waals surface area (Å²) in [6.07, 6.45) is 1.90. The normalized spacial score (nSPS) is 13.0. The smallest absolute Gasteiger partial charge is 0.270 e. The fourth-order valence-corrected chi connectivity index (χ4v) is 5.48. The third kappa shape index (κ3) is 8.68. The van der Waals surface area contributed by atoms with Gasteiger partial charge < -0.3 is 10.6 Å². The van der Waals surface area contributed by atoms with E-state index >= 15 is 0 Å². The summed E-state index contributed by atoms with van der Waals surface area (Å²) < 4.78 is 41.9. The molecule has 0 bridgehead atoms. The van der Waals surface area contributed by atoms with Gasteiger partial charge in [-0.1, -0.05) is 55.3 Å². The number of rotatable bonds is 11. The molecule has 0 saturated carbocycles. The van der Waals surface area contributed by atoms with E-state index in [1.807, 2.05) is 13.0 Å². The largest absolute Gasteiger partial charge is 0.359 e. The van der Waals surface area contributed by atoms with Gasteiger partial charge in [-0.3, -0.25) is 4.79 Å². The molecule has 0 saturated heterocycles. The molecule has 1 unspecified atom stereocenters. The van der Waals surface area contributed by atoms with Crippen LogP contribution in [0.15, 0.2) is 66.9 Å². The summed E-state index contributed by atoms with van der Waals surface area (Å²) in [5.41, 5.74) is 1.83. The van der Waals surface area contributed by atoms with Crippen molar-refractivity contribution in [2.24, 2.45) is 0 Å². The highest BCUT2D eigenvalue weighted by Gasteiger charge is 2.34. The fraction of sp³-hybridized carbons (Fsp3) is 0.364. The van der Waals surface area contributed by atoms with Crippen LogP contribution in [0, 0.1) is 6.92 Å². The van der Waals surface area contributed by atoms with Crippen LogP contribution in [-0.2, 0) is 18.0 Å². The lowest BCUT2D eigenvalue weighted by molar-refractivity contribution is 0.0171. The maximum Gasteiger partial charge on any atom is 0.270 e. The van der Waals surface area contributed by atoms with E-state index in [1.54, 1.807) is 25.1 Å². The standard InChI is InChI=1S/C33H36Cl3F3N2O/c1-8-9-21-12-19(2)13-22(14-21)29(32(6,35)36)20(3)40-26-10-11-27(34)28(18-26)41-30(42)23-15-24(31(4,5)37)17-25(16-23)33(7,38)39/h10-18,29,40H,3,8-9H2,1-2,4-7H3,(H,41,42). The Morgan fingerprint density at radius 2 is 1.57 bits per heavy atom. The Morgan fingerprint density at radius 1 is 0.929 bits per heavy atom. The fourth-order valence-electron chi connectivity index (χ4n) is 4.80. The average Bonchev–Trinajstić information content (AvgIpc) is 2.83. The van der Waals surface area contributed by atoms with Gasteiger partial charge in [-0.25, -0.2) is 13.2 Å². The zero-order chi connectivity index (χ0) is 31.6. The number of halogens is 6. The Bertz CT molecular complexity index is 1440. The summed E-state index contributed by atoms with van der Waals surface area (Å²) in [4.78, 5) is 13.2. The van der Waals surface area contributed by atoms with Crippen molar-refractivity contribution in [1.29, 1.82) is 0 Å². The minimum Gasteiger partial charge on any atom is -0.359 e. The highest BCUT2D eigenvalue weighted by Crippen LogP contribution is 2.43. The van der Waals surface area contributed by atoms with Crippen molar-refractivity contribution < 1.29 is 18.0 Å². The molecule has 0 aliphatic heterocycles. The van der Waals surface area contributed by atoms with Gasteiger partial charge in [-0.15, -0.1) is 23.2 Å². The second-order valence-corrected chi connectivity index (χ2v) is 13.5. The Hall–Kier alpha value is -2.67. The number of benzene rings is 3. The number of alkyl halides is 5. The summed E-state index contributed by atoms with van der Waals surface area (Å²) in [5, 5.41) is 6.10. The third-order valence-electron chi connectivity index (χ3n) is 6.79. The summed E-state index contributed by atoms with van der Waals surface area (Å²) in [5.74, 6) is -4.49. The van der Waals surface area contributed by atoms with Gasteiger partial charge in [-0.05, 0) is 87.2 Å². The monoisotopic (exact) mass is 638 g/mol. The molecular formula is C33H36Cl3F3N2O. The number of carbonyl (C=O) groups is 1. The van der Waals surface area contributed by atoms with E-state index in [0.29, 0.717) is 18.3 Å². The first kappa shape index (κ1) is 33.8. The van der Waals surface area contributed by atoms with Crippen LogP contribution in [0.5, 0.6) is 0 Å². The van der Waals surface area contributed by atoms with Crippen LogP contribution in [-0.4, -0.2) is 10.2 Å². The number of hydrogen-bond donors (Lipinski definition) is 2. The summed E-state index contributed by atoms with van der Waals surface area (Å²) in [6, 6.07) is 14.4. The molecule has 2 N–H and O–H groups in total. The highest BCUT2D eigenvalue weighted by molar-refractivity contribution is 6.48. The van der Waals surface area contributed by atoms with Gasteiger partial charge in [0, 0.05) is 29.4 Å². The van der Waals surface area contributed by atoms with Crippen LogP contribution in [0.3, 0.4) is 0 Å². The van der Waals surface area contributed by atoms with Crippen LogP contribution in [0.4, 0.5) is 24.5 Å². The van der Waals surface area contributed by atoms with Gasteiger partial charge in [0.25, 0.3) is 11.8 Å². The van der Waals surface area contributed by atoms with Crippen LogP contribution < -0.4 is 10.6 Å². The van der Waals surface area contributed by atoms with E-state index in [1.165, 1.54) is 25.5 Å². The van der Waals surface area contributed by atoms with E-state index < -0.39 is 33.3 Å². The van der Waals surface area contributed by atoms with Crippen LogP contribution in [0.2, 0.25) is 5.02 Å². The number of allylic oxidation sites excluding steroid dienone is 1. The number of carbonyl (C=O) groups excluding carboxylic acids is 1. The first-order valence-electron chi connectivity index (χ1n) is 13.6. The van der Waals surface area contributed by atoms with Crippen LogP contribution >= 0.6 is 34.8 Å². The molecule has 0 radical (unpaired) electrons. The topological polar surface area (TPSA) is 41.1 Å². The molecular weight excluding hydrogens is 604 g/mol. The predicted molar refractivity (Wildman–Crippen MR) is 170 cm³/mol. The Morgan fingerprint density at radius 3 is 2.14 bits per heavy atom. The van der Waals surface area contributed by atoms with Crippen molar-refractivity contribution in [3.8, 4) is 0 Å². The second kappa shape index (κ2) is 12.9. The lowest BCUT2D eigenvalue weighted by Gasteiger charge is -2.30. The number of amides is 1. The molecule has 1 atom stereocenters. The molecule has 9 heteroatoms. The molecule has 0 aliphatic rings. The summed E-state index contributed by atoms with van der Waals surface area (Å²) >= 11 is 19.7. The third-order valence-corrected chi connectivity index (χ3v) is 7.56. The molecule has 0 aromatic heterocycles.